The quantitative estimate of drug-likeness (QED) is 0.856. The molecule has 1 heterocycles. The summed E-state index contributed by atoms with van der Waals surface area (Å²) in [5.74, 6) is 0.729. The van der Waals surface area contributed by atoms with E-state index in [1.165, 1.54) is 11.1 Å². The summed E-state index contributed by atoms with van der Waals surface area (Å²) >= 11 is 0. The number of anilines is 1. The van der Waals surface area contributed by atoms with Crippen LogP contribution in [-0.4, -0.2) is 5.16 Å². The van der Waals surface area contributed by atoms with Crippen molar-refractivity contribution in [2.24, 2.45) is 0 Å². The van der Waals surface area contributed by atoms with Gasteiger partial charge in [-0.2, -0.15) is 0 Å². The predicted octanol–water partition coefficient (Wildman–Crippen LogP) is 3.66. The summed E-state index contributed by atoms with van der Waals surface area (Å²) in [6.45, 7) is 8.33. The van der Waals surface area contributed by atoms with Crippen LogP contribution in [0.3, 0.4) is 0 Å². The topological polar surface area (TPSA) is 52.0 Å². The lowest BCUT2D eigenvalue weighted by Gasteiger charge is -2.08. The molecule has 0 spiro atoms. The predicted molar refractivity (Wildman–Crippen MR) is 69.9 cm³/mol. The van der Waals surface area contributed by atoms with Crippen LogP contribution in [0.2, 0.25) is 0 Å². The van der Waals surface area contributed by atoms with Crippen molar-refractivity contribution in [3.05, 3.63) is 34.9 Å². The smallest absolute Gasteiger partial charge is 0.226 e. The van der Waals surface area contributed by atoms with E-state index in [-0.39, 0.29) is 0 Å². The van der Waals surface area contributed by atoms with Gasteiger partial charge in [0.05, 0.1) is 0 Å². The zero-order chi connectivity index (χ0) is 12.6. The number of aromatic nitrogens is 1. The summed E-state index contributed by atoms with van der Waals surface area (Å²) in [5.41, 5.74) is 11.2. The molecule has 3 nitrogen and oxygen atoms in total. The Hall–Kier alpha value is -1.77. The van der Waals surface area contributed by atoms with Gasteiger partial charge >= 0.3 is 0 Å². The molecule has 3 heteroatoms. The van der Waals surface area contributed by atoms with Crippen molar-refractivity contribution in [3.63, 3.8) is 0 Å². The largest absolute Gasteiger partial charge is 0.367 e. The highest BCUT2D eigenvalue weighted by Crippen LogP contribution is 2.34. The minimum atomic E-state index is 0.302. The first-order valence-electron chi connectivity index (χ1n) is 5.83. The Kier molecular flexibility index (Phi) is 2.92. The van der Waals surface area contributed by atoms with Gasteiger partial charge in [-0.15, -0.1) is 0 Å². The van der Waals surface area contributed by atoms with E-state index in [9.17, 15) is 0 Å². The van der Waals surface area contributed by atoms with Gasteiger partial charge in [0.1, 0.15) is 5.69 Å². The van der Waals surface area contributed by atoms with E-state index < -0.39 is 0 Å². The van der Waals surface area contributed by atoms with Gasteiger partial charge in [0.15, 0.2) is 0 Å². The number of nitrogen functional groups attached to an aromatic ring is 1. The molecule has 0 aliphatic heterocycles. The van der Waals surface area contributed by atoms with Crippen LogP contribution < -0.4 is 5.73 Å². The van der Waals surface area contributed by atoms with Gasteiger partial charge in [0.25, 0.3) is 0 Å². The first-order chi connectivity index (χ1) is 8.00. The second-order valence-corrected chi connectivity index (χ2v) is 4.78. The van der Waals surface area contributed by atoms with E-state index in [0.717, 1.165) is 16.8 Å². The molecule has 2 N–H and O–H groups in total. The maximum atomic E-state index is 5.84. The maximum absolute atomic E-state index is 5.84. The summed E-state index contributed by atoms with van der Waals surface area (Å²) < 4.78 is 5.13. The van der Waals surface area contributed by atoms with Crippen LogP contribution >= 0.6 is 0 Å². The summed E-state index contributed by atoms with van der Waals surface area (Å²) in [7, 11) is 0. The van der Waals surface area contributed by atoms with Crippen molar-refractivity contribution in [2.75, 3.05) is 5.73 Å². The Morgan fingerprint density at radius 1 is 1.24 bits per heavy atom. The van der Waals surface area contributed by atoms with Crippen molar-refractivity contribution < 1.29 is 4.52 Å². The molecule has 0 atom stereocenters. The molecule has 2 rings (SSSR count). The Labute approximate surface area is 102 Å². The van der Waals surface area contributed by atoms with Gasteiger partial charge in [0.2, 0.25) is 5.88 Å². The van der Waals surface area contributed by atoms with Gasteiger partial charge in [-0.1, -0.05) is 36.7 Å². The lowest BCUT2D eigenvalue weighted by Crippen LogP contribution is -1.96. The van der Waals surface area contributed by atoms with Crippen LogP contribution in [0.15, 0.2) is 22.7 Å². The zero-order valence-corrected chi connectivity index (χ0v) is 10.7. The van der Waals surface area contributed by atoms with Crippen LogP contribution in [-0.2, 0) is 0 Å². The molecular formula is C14H18N2O. The van der Waals surface area contributed by atoms with Crippen molar-refractivity contribution in [1.29, 1.82) is 0 Å². The highest BCUT2D eigenvalue weighted by Gasteiger charge is 2.19. The minimum Gasteiger partial charge on any atom is -0.367 e. The van der Waals surface area contributed by atoms with Crippen molar-refractivity contribution in [1.82, 2.24) is 5.16 Å². The molecule has 0 unspecified atom stereocenters. The standard InChI is InChI=1S/C14H18N2O/c1-8(2)12-13(16-17-14(12)15)11-7-9(3)5-6-10(11)4/h5-8H,15H2,1-4H3. The molecule has 0 amide bonds. The third-order valence-electron chi connectivity index (χ3n) is 2.98. The van der Waals surface area contributed by atoms with E-state index >= 15 is 0 Å². The molecular weight excluding hydrogens is 212 g/mol. The zero-order valence-electron chi connectivity index (χ0n) is 10.7. The fraction of sp³-hybridized carbons (Fsp3) is 0.357. The molecule has 17 heavy (non-hydrogen) atoms. The molecule has 0 saturated carbocycles. The number of benzene rings is 1. The monoisotopic (exact) mass is 230 g/mol. The number of hydrogen-bond acceptors (Lipinski definition) is 3. The molecule has 0 fully saturated rings. The number of hydrogen-bond donors (Lipinski definition) is 1. The average molecular weight is 230 g/mol. The van der Waals surface area contributed by atoms with Gasteiger partial charge in [-0.3, -0.25) is 0 Å². The number of aryl methyl sites for hydroxylation is 2. The summed E-state index contributed by atoms with van der Waals surface area (Å²) in [5, 5.41) is 4.11. The summed E-state index contributed by atoms with van der Waals surface area (Å²) in [4.78, 5) is 0. The minimum absolute atomic E-state index is 0.302. The Bertz CT molecular complexity index is 541. The van der Waals surface area contributed by atoms with Gasteiger partial charge in [-0.05, 0) is 31.4 Å². The van der Waals surface area contributed by atoms with E-state index in [0.29, 0.717) is 11.8 Å². The first-order valence-corrected chi connectivity index (χ1v) is 5.83. The Morgan fingerprint density at radius 2 is 1.94 bits per heavy atom. The first kappa shape index (κ1) is 11.7. The van der Waals surface area contributed by atoms with Gasteiger partial charge in [-0.25, -0.2) is 0 Å². The lowest BCUT2D eigenvalue weighted by molar-refractivity contribution is 0.438. The van der Waals surface area contributed by atoms with Crippen molar-refractivity contribution in [2.45, 2.75) is 33.6 Å². The molecule has 0 radical (unpaired) electrons. The Morgan fingerprint density at radius 3 is 2.59 bits per heavy atom. The Balaban J connectivity index is 2.64. The van der Waals surface area contributed by atoms with Gasteiger partial charge < -0.3 is 10.3 Å². The third-order valence-corrected chi connectivity index (χ3v) is 2.98. The molecule has 1 aromatic heterocycles. The second-order valence-electron chi connectivity index (χ2n) is 4.78. The third kappa shape index (κ3) is 2.05. The maximum Gasteiger partial charge on any atom is 0.226 e. The summed E-state index contributed by atoms with van der Waals surface area (Å²) in [6.07, 6.45) is 0. The molecule has 0 saturated heterocycles. The fourth-order valence-corrected chi connectivity index (χ4v) is 2.05. The normalized spacial score (nSPS) is 11.1. The SMILES string of the molecule is Cc1ccc(C)c(-c2noc(N)c2C(C)C)c1. The van der Waals surface area contributed by atoms with Crippen molar-refractivity contribution in [3.8, 4) is 11.3 Å². The number of nitrogens with two attached hydrogens (primary N) is 1. The number of nitrogens with zero attached hydrogens (tertiary/aromatic N) is 1. The average Bonchev–Trinajstić information content (AvgIpc) is 2.64. The molecule has 1 aromatic carbocycles. The molecule has 90 valence electrons. The molecule has 2 aromatic rings. The van der Waals surface area contributed by atoms with E-state index in [1.54, 1.807) is 0 Å². The highest BCUT2D eigenvalue weighted by molar-refractivity contribution is 5.71. The van der Waals surface area contributed by atoms with Crippen LogP contribution in [0.1, 0.15) is 36.5 Å². The van der Waals surface area contributed by atoms with Crippen LogP contribution in [0.5, 0.6) is 0 Å². The van der Waals surface area contributed by atoms with Crippen molar-refractivity contribution >= 4 is 5.88 Å². The lowest BCUT2D eigenvalue weighted by atomic mass is 9.95. The fourth-order valence-electron chi connectivity index (χ4n) is 2.05. The number of rotatable bonds is 2. The van der Waals surface area contributed by atoms with Gasteiger partial charge in [0, 0.05) is 11.1 Å². The van der Waals surface area contributed by atoms with Crippen LogP contribution in [0, 0.1) is 13.8 Å². The molecule has 0 aliphatic rings. The van der Waals surface area contributed by atoms with E-state index in [4.69, 9.17) is 10.3 Å². The highest BCUT2D eigenvalue weighted by atomic mass is 16.5. The summed E-state index contributed by atoms with van der Waals surface area (Å²) in [6, 6.07) is 6.31. The molecule has 0 bridgehead atoms. The molecule has 0 aliphatic carbocycles. The van der Waals surface area contributed by atoms with E-state index in [1.807, 2.05) is 0 Å². The van der Waals surface area contributed by atoms with E-state index in [2.05, 4.69) is 51.1 Å². The van der Waals surface area contributed by atoms with Crippen LogP contribution in [0.4, 0.5) is 5.88 Å². The van der Waals surface area contributed by atoms with Crippen LogP contribution in [0.25, 0.3) is 11.3 Å². The second kappa shape index (κ2) is 4.24.